The Hall–Kier alpha value is -14.9. The molecule has 116 heavy (non-hydrogen) atoms. The van der Waals surface area contributed by atoms with E-state index in [4.69, 9.17) is 63.1 Å². The normalized spacial score (nSPS) is 12.6. The second-order valence-electron chi connectivity index (χ2n) is 30.0. The summed E-state index contributed by atoms with van der Waals surface area (Å²) in [5.41, 5.74) is 22.5. The molecule has 0 fully saturated rings. The summed E-state index contributed by atoms with van der Waals surface area (Å²) in [6, 6.07) is 109. The molecular formula is C101H58N10O3S2. The molecule has 542 valence electrons. The van der Waals surface area contributed by atoms with Crippen LogP contribution in [0, 0.1) is 0 Å². The number of hydrogen-bond acceptors (Lipinski definition) is 15. The van der Waals surface area contributed by atoms with Gasteiger partial charge < -0.3 is 13.3 Å². The Morgan fingerprint density at radius 3 is 1.22 bits per heavy atom. The topological polar surface area (TPSA) is 168 Å². The molecule has 0 saturated heterocycles. The first-order chi connectivity index (χ1) is 57.2. The molecule has 14 aromatic carbocycles. The van der Waals surface area contributed by atoms with Crippen LogP contribution in [0.5, 0.6) is 0 Å². The van der Waals surface area contributed by atoms with Gasteiger partial charge in [-0.25, -0.2) is 49.8 Å². The van der Waals surface area contributed by atoms with Gasteiger partial charge in [0.1, 0.15) is 44.8 Å². The molecule has 9 heterocycles. The summed E-state index contributed by atoms with van der Waals surface area (Å²) in [4.78, 5) is 53.6. The first kappa shape index (κ1) is 65.8. The van der Waals surface area contributed by atoms with Crippen molar-refractivity contribution in [1.82, 2.24) is 49.8 Å². The minimum absolute atomic E-state index is 0.215. The van der Waals surface area contributed by atoms with Gasteiger partial charge >= 0.3 is 0 Å². The van der Waals surface area contributed by atoms with Crippen LogP contribution in [0.15, 0.2) is 329 Å². The van der Waals surface area contributed by atoms with Gasteiger partial charge in [-0.1, -0.05) is 257 Å². The zero-order valence-electron chi connectivity index (χ0n) is 62.0. The molecule has 23 aromatic rings. The number of para-hydroxylation sites is 3. The summed E-state index contributed by atoms with van der Waals surface area (Å²) in [5, 5.41) is 7.82. The van der Waals surface area contributed by atoms with Crippen molar-refractivity contribution in [3.8, 4) is 136 Å². The summed E-state index contributed by atoms with van der Waals surface area (Å²) in [6.07, 6.45) is 0. The van der Waals surface area contributed by atoms with Crippen LogP contribution in [0.3, 0.4) is 0 Å². The second kappa shape index (κ2) is 25.6. The Labute approximate surface area is 669 Å². The molecule has 0 bridgehead atoms. The van der Waals surface area contributed by atoms with E-state index in [-0.39, 0.29) is 5.41 Å². The highest BCUT2D eigenvalue weighted by atomic mass is 32.1. The molecule has 1 aliphatic rings. The lowest BCUT2D eigenvalue weighted by Crippen LogP contribution is -2.14. The smallest absolute Gasteiger partial charge is 0.180 e. The molecule has 0 spiro atoms. The fraction of sp³-hybridized carbons (Fsp3) is 0.0297. The first-order valence-electron chi connectivity index (χ1n) is 38.5. The van der Waals surface area contributed by atoms with Crippen molar-refractivity contribution >= 4 is 129 Å². The van der Waals surface area contributed by atoms with Gasteiger partial charge in [0.05, 0.1) is 0 Å². The quantitative estimate of drug-likeness (QED) is 0.120. The average molecular weight is 1520 g/mol. The molecule has 24 rings (SSSR count). The van der Waals surface area contributed by atoms with Crippen LogP contribution < -0.4 is 0 Å². The van der Waals surface area contributed by atoms with E-state index in [0.29, 0.717) is 85.7 Å². The van der Waals surface area contributed by atoms with E-state index in [1.54, 1.807) is 22.7 Å². The van der Waals surface area contributed by atoms with Crippen molar-refractivity contribution in [2.24, 2.45) is 0 Å². The predicted octanol–water partition coefficient (Wildman–Crippen LogP) is 26.7. The number of benzene rings is 14. The molecule has 0 N–H and O–H groups in total. The Morgan fingerprint density at radius 2 is 0.629 bits per heavy atom. The third-order valence-electron chi connectivity index (χ3n) is 22.9. The van der Waals surface area contributed by atoms with Gasteiger partial charge in [0.2, 0.25) is 0 Å². The largest absolute Gasteiger partial charge is 0.455 e. The molecule has 1 aliphatic carbocycles. The van der Waals surface area contributed by atoms with Crippen LogP contribution in [0.25, 0.3) is 242 Å². The van der Waals surface area contributed by atoms with Crippen molar-refractivity contribution in [3.63, 3.8) is 0 Å². The lowest BCUT2D eigenvalue weighted by atomic mass is 9.82. The molecular weight excluding hydrogens is 1470 g/mol. The number of furan rings is 3. The third kappa shape index (κ3) is 10.2. The van der Waals surface area contributed by atoms with Gasteiger partial charge in [-0.05, 0) is 106 Å². The van der Waals surface area contributed by atoms with Gasteiger partial charge in [-0.3, -0.25) is 0 Å². The van der Waals surface area contributed by atoms with E-state index in [1.165, 1.54) is 22.3 Å². The number of thiophene rings is 2. The lowest BCUT2D eigenvalue weighted by Gasteiger charge is -2.21. The van der Waals surface area contributed by atoms with Crippen molar-refractivity contribution in [2.75, 3.05) is 0 Å². The zero-order valence-corrected chi connectivity index (χ0v) is 63.7. The molecule has 15 heteroatoms. The van der Waals surface area contributed by atoms with E-state index < -0.39 is 0 Å². The Kier molecular flexibility index (Phi) is 14.5. The second-order valence-corrected chi connectivity index (χ2v) is 32.1. The minimum Gasteiger partial charge on any atom is -0.455 e. The van der Waals surface area contributed by atoms with E-state index in [1.807, 2.05) is 133 Å². The molecule has 0 saturated carbocycles. The molecule has 0 radical (unpaired) electrons. The van der Waals surface area contributed by atoms with Crippen LogP contribution in [-0.2, 0) is 5.41 Å². The van der Waals surface area contributed by atoms with Crippen molar-refractivity contribution in [3.05, 3.63) is 327 Å². The monoisotopic (exact) mass is 1520 g/mol. The highest BCUT2D eigenvalue weighted by Gasteiger charge is 2.36. The van der Waals surface area contributed by atoms with Crippen LogP contribution in [0.2, 0.25) is 0 Å². The van der Waals surface area contributed by atoms with Gasteiger partial charge in [-0.2, -0.15) is 0 Å². The molecule has 9 aromatic heterocycles. The number of rotatable bonds is 11. The molecule has 0 unspecified atom stereocenters. The van der Waals surface area contributed by atoms with Crippen LogP contribution in [0.4, 0.5) is 0 Å². The van der Waals surface area contributed by atoms with Crippen molar-refractivity contribution in [2.45, 2.75) is 19.3 Å². The fourth-order valence-electron chi connectivity index (χ4n) is 17.4. The average Bonchev–Trinajstić information content (AvgIpc) is 1.57. The highest BCUT2D eigenvalue weighted by Crippen LogP contribution is 2.53. The third-order valence-corrected chi connectivity index (χ3v) is 25.3. The summed E-state index contributed by atoms with van der Waals surface area (Å²) >= 11 is 3.42. The number of aromatic nitrogens is 10. The fourth-order valence-corrected chi connectivity index (χ4v) is 19.9. The van der Waals surface area contributed by atoms with Crippen LogP contribution in [-0.4, -0.2) is 49.8 Å². The summed E-state index contributed by atoms with van der Waals surface area (Å²) < 4.78 is 25.0. The van der Waals surface area contributed by atoms with Gasteiger partial charge in [0.25, 0.3) is 0 Å². The highest BCUT2D eigenvalue weighted by molar-refractivity contribution is 7.27. The summed E-state index contributed by atoms with van der Waals surface area (Å²) in [7, 11) is 0. The Bertz CT molecular complexity index is 8030. The molecule has 0 amide bonds. The molecule has 0 atom stereocenters. The predicted molar refractivity (Wildman–Crippen MR) is 469 cm³/mol. The number of hydrogen-bond donors (Lipinski definition) is 0. The van der Waals surface area contributed by atoms with Crippen molar-refractivity contribution in [1.29, 1.82) is 0 Å². The van der Waals surface area contributed by atoms with E-state index in [2.05, 4.69) is 196 Å². The van der Waals surface area contributed by atoms with Crippen LogP contribution >= 0.6 is 22.7 Å². The zero-order chi connectivity index (χ0) is 76.4. The van der Waals surface area contributed by atoms with Gasteiger partial charge in [0, 0.05) is 123 Å². The summed E-state index contributed by atoms with van der Waals surface area (Å²) in [5.74, 6) is 4.57. The van der Waals surface area contributed by atoms with Gasteiger partial charge in [-0.15, -0.1) is 22.7 Å². The first-order valence-corrected chi connectivity index (χ1v) is 40.1. The standard InChI is InChI=1S/C101H58N10O3S2/c1-101(2)74-45-15-12-33-62(74)63-52-51-59(54-75(63)101)84-89-85(64-34-13-16-46-76(64)112-89)103-99(102-84)72-43-20-38-67-83-70(41-24-50-80(83)115-91(67)72)98-110-95(57-29-10-5-11-30-57)107-96(111-98)60-32-18-31-58(53-60)61-36-22-48-78-81(61)66-37-19-42-71(88(66)114-78)87-90-86(65-35-14-17-47-77(65)113-90)104-100(105-87)73-44-21-39-68-82-69(40-23-49-79(82)116-92(68)73)97-108-93(55-25-6-3-7-26-55)106-94(109-97)56-27-8-4-9-28-56/h3-54H,1-2H3. The maximum absolute atomic E-state index is 7.17. The van der Waals surface area contributed by atoms with Crippen molar-refractivity contribution < 1.29 is 13.3 Å². The van der Waals surface area contributed by atoms with E-state index >= 15 is 0 Å². The SMILES string of the molecule is CC1(C)c2ccccc2-c2ccc(-c3nc(-c4cccc5c4sc4cccc(-c6nc(-c7ccccc7)nc(-c7cccc(-c8cccc9oc%10c(-c%11nc(-c%12cccc%13c%12sc%12cccc(-c%14nc(-c%15ccccc%15)nc(-c%15ccccc%15)n%14)c%12%13)nc%12c%11oc%11ccccc%11%12)cccc%10c89)c7)n6)c45)nc4c3oc3ccccc34)cc21. The van der Waals surface area contributed by atoms with Crippen LogP contribution in [0.1, 0.15) is 25.0 Å². The maximum atomic E-state index is 7.17. The van der Waals surface area contributed by atoms with E-state index in [0.717, 1.165) is 145 Å². The Morgan fingerprint density at radius 1 is 0.233 bits per heavy atom. The summed E-state index contributed by atoms with van der Waals surface area (Å²) in [6.45, 7) is 4.62. The molecule has 13 nitrogen and oxygen atoms in total. The van der Waals surface area contributed by atoms with E-state index in [9.17, 15) is 0 Å². The van der Waals surface area contributed by atoms with Gasteiger partial charge in [0.15, 0.2) is 57.8 Å². The maximum Gasteiger partial charge on any atom is 0.180 e. The molecule has 0 aliphatic heterocycles. The lowest BCUT2D eigenvalue weighted by molar-refractivity contribution is 0.659. The Balaban J connectivity index is 0.622. The number of fused-ring (bicyclic) bond motifs is 18. The number of nitrogens with zero attached hydrogens (tertiary/aromatic N) is 10. The minimum atomic E-state index is -0.215.